The van der Waals surface area contributed by atoms with Crippen molar-refractivity contribution in [2.45, 2.75) is 38.6 Å². The third-order valence-corrected chi connectivity index (χ3v) is 5.85. The zero-order valence-electron chi connectivity index (χ0n) is 11.4. The lowest BCUT2D eigenvalue weighted by atomic mass is 9.95. The van der Waals surface area contributed by atoms with E-state index < -0.39 is 15.4 Å². The molecule has 0 aromatic heterocycles. The fourth-order valence-electron chi connectivity index (χ4n) is 2.80. The van der Waals surface area contributed by atoms with Gasteiger partial charge in [-0.25, -0.2) is 13.4 Å². The van der Waals surface area contributed by atoms with Gasteiger partial charge in [-0.1, -0.05) is 0 Å². The molecule has 0 radical (unpaired) electrons. The van der Waals surface area contributed by atoms with Gasteiger partial charge in [0.25, 0.3) is 5.91 Å². The number of hydrogen-bond acceptors (Lipinski definition) is 5. The molecule has 0 spiro atoms. The second-order valence-electron chi connectivity index (χ2n) is 5.71. The number of hydrazone groups is 1. The van der Waals surface area contributed by atoms with E-state index in [0.717, 1.165) is 12.1 Å². The molecular formula is C12H21N3O3S. The number of amides is 1. The Morgan fingerprint density at radius 1 is 1.53 bits per heavy atom. The van der Waals surface area contributed by atoms with Crippen LogP contribution in [0.15, 0.2) is 5.10 Å². The standard InChI is InChI=1S/C12H21N3O3S/c1-9-10(4-3-6-13)11(16)15(14-9)12(2)5-7-19(17,18)8-12/h10H,3-8,13H2,1-2H3. The van der Waals surface area contributed by atoms with Crippen molar-refractivity contribution in [3.05, 3.63) is 0 Å². The first kappa shape index (κ1) is 14.5. The average molecular weight is 287 g/mol. The molecule has 2 aliphatic rings. The summed E-state index contributed by atoms with van der Waals surface area (Å²) in [6.45, 7) is 4.17. The third-order valence-electron chi connectivity index (χ3n) is 3.96. The average Bonchev–Trinajstić information content (AvgIpc) is 2.76. The zero-order valence-corrected chi connectivity index (χ0v) is 12.2. The van der Waals surface area contributed by atoms with Crippen LogP contribution in [0.4, 0.5) is 0 Å². The molecule has 7 heteroatoms. The minimum Gasteiger partial charge on any atom is -0.330 e. The van der Waals surface area contributed by atoms with Gasteiger partial charge in [0.05, 0.1) is 23.0 Å². The summed E-state index contributed by atoms with van der Waals surface area (Å²) in [5.74, 6) is -0.171. The number of carbonyl (C=O) groups excluding carboxylic acids is 1. The van der Waals surface area contributed by atoms with E-state index in [1.807, 2.05) is 6.92 Å². The van der Waals surface area contributed by atoms with E-state index in [1.165, 1.54) is 5.01 Å². The number of nitrogens with zero attached hydrogens (tertiary/aromatic N) is 2. The Bertz CT molecular complexity index is 514. The molecule has 19 heavy (non-hydrogen) atoms. The van der Waals surface area contributed by atoms with E-state index in [0.29, 0.717) is 19.4 Å². The Morgan fingerprint density at radius 2 is 2.21 bits per heavy atom. The molecular weight excluding hydrogens is 266 g/mol. The van der Waals surface area contributed by atoms with E-state index in [2.05, 4.69) is 5.10 Å². The van der Waals surface area contributed by atoms with Gasteiger partial charge in [0, 0.05) is 5.71 Å². The fraction of sp³-hybridized carbons (Fsp3) is 0.833. The Hall–Kier alpha value is -0.950. The van der Waals surface area contributed by atoms with Crippen molar-refractivity contribution in [2.24, 2.45) is 16.8 Å². The van der Waals surface area contributed by atoms with Crippen LogP contribution in [0, 0.1) is 5.92 Å². The maximum Gasteiger partial charge on any atom is 0.252 e. The molecule has 1 saturated heterocycles. The number of hydrogen-bond donors (Lipinski definition) is 1. The Balaban J connectivity index is 2.17. The molecule has 2 aliphatic heterocycles. The first-order valence-corrected chi connectivity index (χ1v) is 8.41. The van der Waals surface area contributed by atoms with Crippen LogP contribution in [0.25, 0.3) is 0 Å². The van der Waals surface area contributed by atoms with Gasteiger partial charge in [-0.3, -0.25) is 4.79 Å². The summed E-state index contributed by atoms with van der Waals surface area (Å²) in [6.07, 6.45) is 1.91. The van der Waals surface area contributed by atoms with Crippen molar-refractivity contribution >= 4 is 21.5 Å². The maximum absolute atomic E-state index is 12.4. The van der Waals surface area contributed by atoms with Crippen LogP contribution in [-0.4, -0.2) is 48.6 Å². The van der Waals surface area contributed by atoms with E-state index in [9.17, 15) is 13.2 Å². The highest BCUT2D eigenvalue weighted by atomic mass is 32.2. The van der Waals surface area contributed by atoms with Crippen molar-refractivity contribution in [3.63, 3.8) is 0 Å². The van der Waals surface area contributed by atoms with E-state index in [1.54, 1.807) is 6.92 Å². The summed E-state index contributed by atoms with van der Waals surface area (Å²) >= 11 is 0. The van der Waals surface area contributed by atoms with Crippen LogP contribution >= 0.6 is 0 Å². The number of rotatable bonds is 4. The van der Waals surface area contributed by atoms with Crippen LogP contribution in [-0.2, 0) is 14.6 Å². The molecule has 1 amide bonds. The first-order chi connectivity index (χ1) is 8.79. The smallest absolute Gasteiger partial charge is 0.252 e. The van der Waals surface area contributed by atoms with Crippen molar-refractivity contribution in [1.82, 2.24) is 5.01 Å². The molecule has 2 unspecified atom stereocenters. The monoisotopic (exact) mass is 287 g/mol. The van der Waals surface area contributed by atoms with Crippen LogP contribution in [0.2, 0.25) is 0 Å². The number of sulfone groups is 1. The summed E-state index contributed by atoms with van der Waals surface area (Å²) in [7, 11) is -3.05. The fourth-order valence-corrected chi connectivity index (χ4v) is 4.91. The van der Waals surface area contributed by atoms with Crippen molar-refractivity contribution in [3.8, 4) is 0 Å². The Kier molecular flexibility index (Phi) is 3.70. The largest absolute Gasteiger partial charge is 0.330 e. The molecule has 0 aromatic carbocycles. The van der Waals surface area contributed by atoms with Gasteiger partial charge < -0.3 is 5.73 Å². The van der Waals surface area contributed by atoms with Gasteiger partial charge in [0.1, 0.15) is 0 Å². The summed E-state index contributed by atoms with van der Waals surface area (Å²) in [6, 6.07) is 0. The molecule has 0 aromatic rings. The first-order valence-electron chi connectivity index (χ1n) is 6.59. The van der Waals surface area contributed by atoms with Gasteiger partial charge in [-0.15, -0.1) is 0 Å². The second-order valence-corrected chi connectivity index (χ2v) is 7.90. The van der Waals surface area contributed by atoms with E-state index in [-0.39, 0.29) is 23.3 Å². The molecule has 2 atom stereocenters. The quantitative estimate of drug-likeness (QED) is 0.795. The molecule has 108 valence electrons. The topological polar surface area (TPSA) is 92.8 Å². The predicted octanol–water partition coefficient (Wildman–Crippen LogP) is 0.137. The highest BCUT2D eigenvalue weighted by molar-refractivity contribution is 7.91. The highest BCUT2D eigenvalue weighted by Gasteiger charge is 2.49. The van der Waals surface area contributed by atoms with Crippen LogP contribution in [0.3, 0.4) is 0 Å². The van der Waals surface area contributed by atoms with Gasteiger partial charge in [-0.05, 0) is 39.7 Å². The lowest BCUT2D eigenvalue weighted by Gasteiger charge is -2.31. The molecule has 0 bridgehead atoms. The molecule has 1 fully saturated rings. The van der Waals surface area contributed by atoms with E-state index in [4.69, 9.17) is 5.73 Å². The van der Waals surface area contributed by atoms with Crippen molar-refractivity contribution in [2.75, 3.05) is 18.1 Å². The van der Waals surface area contributed by atoms with Crippen LogP contribution in [0.1, 0.15) is 33.1 Å². The lowest BCUT2D eigenvalue weighted by Crippen LogP contribution is -2.47. The van der Waals surface area contributed by atoms with Crippen LogP contribution in [0.5, 0.6) is 0 Å². The molecule has 0 saturated carbocycles. The summed E-state index contributed by atoms with van der Waals surface area (Å²) < 4.78 is 23.3. The molecule has 2 N–H and O–H groups in total. The van der Waals surface area contributed by atoms with Gasteiger partial charge in [-0.2, -0.15) is 5.10 Å². The van der Waals surface area contributed by atoms with Crippen LogP contribution < -0.4 is 5.73 Å². The molecule has 6 nitrogen and oxygen atoms in total. The lowest BCUT2D eigenvalue weighted by molar-refractivity contribution is -0.136. The minimum absolute atomic E-state index is 0.00608. The van der Waals surface area contributed by atoms with Gasteiger partial charge in [0.2, 0.25) is 0 Å². The summed E-state index contributed by atoms with van der Waals surface area (Å²) in [5, 5.41) is 5.73. The zero-order chi connectivity index (χ0) is 14.3. The minimum atomic E-state index is -3.05. The molecule has 0 aliphatic carbocycles. The normalized spacial score (nSPS) is 33.8. The number of carbonyl (C=O) groups is 1. The van der Waals surface area contributed by atoms with Gasteiger partial charge >= 0.3 is 0 Å². The SMILES string of the molecule is CC1=NN(C2(C)CCS(=O)(=O)C2)C(=O)C1CCCN. The summed E-state index contributed by atoms with van der Waals surface area (Å²) in [5.41, 5.74) is 5.55. The van der Waals surface area contributed by atoms with Crippen molar-refractivity contribution < 1.29 is 13.2 Å². The second kappa shape index (κ2) is 4.86. The Morgan fingerprint density at radius 3 is 2.74 bits per heavy atom. The summed E-state index contributed by atoms with van der Waals surface area (Å²) in [4.78, 5) is 12.4. The molecule has 2 heterocycles. The predicted molar refractivity (Wildman–Crippen MR) is 73.4 cm³/mol. The number of nitrogens with two attached hydrogens (primary N) is 1. The molecule has 2 rings (SSSR count). The van der Waals surface area contributed by atoms with Crippen molar-refractivity contribution in [1.29, 1.82) is 0 Å². The van der Waals surface area contributed by atoms with Gasteiger partial charge in [0.15, 0.2) is 9.84 Å². The van der Waals surface area contributed by atoms with E-state index >= 15 is 0 Å². The third kappa shape index (κ3) is 2.67. The Labute approximate surface area is 113 Å². The highest BCUT2D eigenvalue weighted by Crippen LogP contribution is 2.34. The maximum atomic E-state index is 12.4.